The summed E-state index contributed by atoms with van der Waals surface area (Å²) in [5.74, 6) is 0.309. The Hall–Kier alpha value is -1.35. The van der Waals surface area contributed by atoms with Gasteiger partial charge in [-0.25, -0.2) is 0 Å². The van der Waals surface area contributed by atoms with E-state index in [9.17, 15) is 4.79 Å². The van der Waals surface area contributed by atoms with E-state index in [1.165, 1.54) is 18.4 Å². The van der Waals surface area contributed by atoms with Crippen molar-refractivity contribution in [2.45, 2.75) is 62.9 Å². The molecule has 1 saturated carbocycles. The summed E-state index contributed by atoms with van der Waals surface area (Å²) in [7, 11) is 0. The molecule has 3 heteroatoms. The summed E-state index contributed by atoms with van der Waals surface area (Å²) in [5.41, 5.74) is 8.22. The topological polar surface area (TPSA) is 55.1 Å². The van der Waals surface area contributed by atoms with Gasteiger partial charge in [-0.3, -0.25) is 4.79 Å². The fourth-order valence-electron chi connectivity index (χ4n) is 3.40. The molecule has 0 aromatic heterocycles. The van der Waals surface area contributed by atoms with Crippen molar-refractivity contribution in [2.75, 3.05) is 0 Å². The molecule has 3 nitrogen and oxygen atoms in total. The summed E-state index contributed by atoms with van der Waals surface area (Å²) >= 11 is 0. The molecule has 20 heavy (non-hydrogen) atoms. The van der Waals surface area contributed by atoms with Crippen LogP contribution in [0.15, 0.2) is 24.3 Å². The molecule has 2 aliphatic rings. The van der Waals surface area contributed by atoms with Crippen LogP contribution in [-0.2, 0) is 4.79 Å². The lowest BCUT2D eigenvalue weighted by atomic mass is 9.89. The molecule has 1 amide bonds. The predicted octanol–water partition coefficient (Wildman–Crippen LogP) is 2.66. The Balaban J connectivity index is 1.81. The van der Waals surface area contributed by atoms with Crippen molar-refractivity contribution in [1.29, 1.82) is 0 Å². The number of carbonyl (C=O) groups is 1. The third-order valence-electron chi connectivity index (χ3n) is 4.71. The van der Waals surface area contributed by atoms with Gasteiger partial charge in [0.2, 0.25) is 5.91 Å². The molecule has 0 unspecified atom stereocenters. The molecule has 3 rings (SSSR count). The van der Waals surface area contributed by atoms with Gasteiger partial charge >= 0.3 is 0 Å². The summed E-state index contributed by atoms with van der Waals surface area (Å²) in [6.45, 7) is 4.36. The molecule has 0 bridgehead atoms. The van der Waals surface area contributed by atoms with E-state index in [-0.39, 0.29) is 23.4 Å². The van der Waals surface area contributed by atoms with Gasteiger partial charge in [0.25, 0.3) is 0 Å². The Labute approximate surface area is 120 Å². The highest BCUT2D eigenvalue weighted by atomic mass is 16.1. The Morgan fingerprint density at radius 2 is 1.90 bits per heavy atom. The molecule has 0 radical (unpaired) electrons. The highest BCUT2D eigenvalue weighted by Crippen LogP contribution is 2.40. The Kier molecular flexibility index (Phi) is 3.33. The lowest BCUT2D eigenvalue weighted by Crippen LogP contribution is -2.43. The molecular formula is C17H24N2O. The fraction of sp³-hybridized carbons (Fsp3) is 0.588. The second-order valence-corrected chi connectivity index (χ2v) is 6.99. The largest absolute Gasteiger partial charge is 0.369 e. The molecule has 1 aromatic carbocycles. The molecule has 2 atom stereocenters. The summed E-state index contributed by atoms with van der Waals surface area (Å²) in [4.78, 5) is 11.9. The van der Waals surface area contributed by atoms with E-state index in [0.717, 1.165) is 24.3 Å². The number of carbonyl (C=O) groups excluding carboxylic acids is 1. The molecule has 1 aliphatic carbocycles. The van der Waals surface area contributed by atoms with Crippen molar-refractivity contribution in [3.05, 3.63) is 35.4 Å². The zero-order valence-electron chi connectivity index (χ0n) is 12.4. The average molecular weight is 272 g/mol. The van der Waals surface area contributed by atoms with Crippen molar-refractivity contribution >= 4 is 5.91 Å². The maximum absolute atomic E-state index is 11.9. The number of hydrogen-bond donors (Lipinski definition) is 2. The molecule has 1 saturated heterocycles. The van der Waals surface area contributed by atoms with Gasteiger partial charge in [0.1, 0.15) is 0 Å². The average Bonchev–Trinajstić information content (AvgIpc) is 3.16. The Bertz CT molecular complexity index is 502. The van der Waals surface area contributed by atoms with Crippen molar-refractivity contribution in [1.82, 2.24) is 5.32 Å². The molecule has 0 spiro atoms. The summed E-state index contributed by atoms with van der Waals surface area (Å²) in [6, 6.07) is 8.69. The van der Waals surface area contributed by atoms with E-state index in [2.05, 4.69) is 43.4 Å². The van der Waals surface area contributed by atoms with Crippen LogP contribution in [0.4, 0.5) is 0 Å². The highest BCUT2D eigenvalue weighted by Gasteiger charge is 2.37. The van der Waals surface area contributed by atoms with Crippen LogP contribution in [0.1, 0.15) is 62.5 Å². The van der Waals surface area contributed by atoms with E-state index in [0.29, 0.717) is 0 Å². The number of nitrogens with two attached hydrogens (primary N) is 1. The molecule has 2 fully saturated rings. The standard InChI is InChI=1S/C17H24N2O/c1-17(2)10-9-14(19-17)15(16(18)20)13-7-5-12(6-8-13)11-3-4-11/h5-8,11,14-15,19H,3-4,9-10H2,1-2H3,(H2,18,20)/t14-,15-/m0/s1. The number of amides is 1. The first-order valence-corrected chi connectivity index (χ1v) is 7.63. The van der Waals surface area contributed by atoms with E-state index in [1.54, 1.807) is 0 Å². The maximum atomic E-state index is 11.9. The summed E-state index contributed by atoms with van der Waals surface area (Å²) in [5, 5.41) is 3.56. The molecule has 1 aromatic rings. The van der Waals surface area contributed by atoms with Crippen LogP contribution in [0, 0.1) is 0 Å². The number of rotatable bonds is 4. The monoisotopic (exact) mass is 272 g/mol. The number of benzene rings is 1. The van der Waals surface area contributed by atoms with Gasteiger partial charge in [0.05, 0.1) is 5.92 Å². The van der Waals surface area contributed by atoms with Gasteiger partial charge in [-0.1, -0.05) is 24.3 Å². The zero-order chi connectivity index (χ0) is 14.3. The van der Waals surface area contributed by atoms with Gasteiger partial charge in [-0.15, -0.1) is 0 Å². The molecule has 1 heterocycles. The first-order chi connectivity index (χ1) is 9.46. The van der Waals surface area contributed by atoms with E-state index in [1.807, 2.05) is 0 Å². The van der Waals surface area contributed by atoms with Crippen LogP contribution < -0.4 is 11.1 Å². The minimum atomic E-state index is -0.223. The highest BCUT2D eigenvalue weighted by molar-refractivity contribution is 5.83. The predicted molar refractivity (Wildman–Crippen MR) is 80.6 cm³/mol. The zero-order valence-corrected chi connectivity index (χ0v) is 12.4. The van der Waals surface area contributed by atoms with Gasteiger partial charge in [0.15, 0.2) is 0 Å². The summed E-state index contributed by atoms with van der Waals surface area (Å²) in [6.07, 6.45) is 4.69. The molecule has 3 N–H and O–H groups in total. The smallest absolute Gasteiger partial charge is 0.226 e. The third-order valence-corrected chi connectivity index (χ3v) is 4.71. The Morgan fingerprint density at radius 1 is 1.25 bits per heavy atom. The summed E-state index contributed by atoms with van der Waals surface area (Å²) < 4.78 is 0. The second-order valence-electron chi connectivity index (χ2n) is 6.99. The maximum Gasteiger partial charge on any atom is 0.226 e. The lowest BCUT2D eigenvalue weighted by Gasteiger charge is -2.25. The molecule has 108 valence electrons. The molecule has 1 aliphatic heterocycles. The Morgan fingerprint density at radius 3 is 2.35 bits per heavy atom. The van der Waals surface area contributed by atoms with Gasteiger partial charge < -0.3 is 11.1 Å². The van der Waals surface area contributed by atoms with Crippen molar-refractivity contribution < 1.29 is 4.79 Å². The van der Waals surface area contributed by atoms with Crippen molar-refractivity contribution in [3.8, 4) is 0 Å². The fourth-order valence-corrected chi connectivity index (χ4v) is 3.40. The minimum absolute atomic E-state index is 0.103. The first-order valence-electron chi connectivity index (χ1n) is 7.63. The quantitative estimate of drug-likeness (QED) is 0.885. The number of nitrogens with one attached hydrogen (secondary N) is 1. The number of primary amides is 1. The van der Waals surface area contributed by atoms with Crippen LogP contribution in [0.5, 0.6) is 0 Å². The SMILES string of the molecule is CC1(C)CC[C@@H]([C@@H](C(N)=O)c2ccc(C3CC3)cc2)N1. The van der Waals surface area contributed by atoms with Gasteiger partial charge in [-0.2, -0.15) is 0 Å². The van der Waals surface area contributed by atoms with Gasteiger partial charge in [0, 0.05) is 11.6 Å². The van der Waals surface area contributed by atoms with Crippen molar-refractivity contribution in [2.24, 2.45) is 5.73 Å². The minimum Gasteiger partial charge on any atom is -0.369 e. The first kappa shape index (κ1) is 13.6. The van der Waals surface area contributed by atoms with Crippen LogP contribution >= 0.6 is 0 Å². The third kappa shape index (κ3) is 2.73. The van der Waals surface area contributed by atoms with Crippen LogP contribution in [0.25, 0.3) is 0 Å². The van der Waals surface area contributed by atoms with Gasteiger partial charge in [-0.05, 0) is 56.6 Å². The number of hydrogen-bond acceptors (Lipinski definition) is 2. The van der Waals surface area contributed by atoms with E-state index < -0.39 is 0 Å². The molecular weight excluding hydrogens is 248 g/mol. The van der Waals surface area contributed by atoms with E-state index >= 15 is 0 Å². The van der Waals surface area contributed by atoms with Crippen molar-refractivity contribution in [3.63, 3.8) is 0 Å². The van der Waals surface area contributed by atoms with Crippen LogP contribution in [0.2, 0.25) is 0 Å². The normalized spacial score (nSPS) is 26.4. The van der Waals surface area contributed by atoms with Crippen LogP contribution in [-0.4, -0.2) is 17.5 Å². The van der Waals surface area contributed by atoms with Crippen LogP contribution in [0.3, 0.4) is 0 Å². The lowest BCUT2D eigenvalue weighted by molar-refractivity contribution is -0.120. The second kappa shape index (κ2) is 4.88. The van der Waals surface area contributed by atoms with E-state index in [4.69, 9.17) is 5.73 Å².